The van der Waals surface area contributed by atoms with Crippen molar-refractivity contribution in [3.8, 4) is 0 Å². The Bertz CT molecular complexity index is 705. The van der Waals surface area contributed by atoms with Crippen molar-refractivity contribution < 1.29 is 39.2 Å². The van der Waals surface area contributed by atoms with Gasteiger partial charge in [-0.1, -0.05) is 104 Å². The summed E-state index contributed by atoms with van der Waals surface area (Å²) in [4.78, 5) is 49.4. The quantitative estimate of drug-likeness (QED) is 0.0792. The second kappa shape index (κ2) is 17.4. The normalized spacial score (nSPS) is 19.4. The Morgan fingerprint density at radius 3 is 1.41 bits per heavy atom. The molecule has 37 heavy (non-hydrogen) atoms. The Kier molecular flexibility index (Phi) is 15.5. The van der Waals surface area contributed by atoms with Gasteiger partial charge in [-0.05, 0) is 38.0 Å². The maximum atomic E-state index is 13.2. The molecule has 8 heteroatoms. The van der Waals surface area contributed by atoms with Crippen molar-refractivity contribution in [3.63, 3.8) is 0 Å². The first-order valence-corrected chi connectivity index (χ1v) is 14.6. The summed E-state index contributed by atoms with van der Waals surface area (Å²) in [5, 5.41) is 29.4. The van der Waals surface area contributed by atoms with Crippen LogP contribution in [0.4, 0.5) is 0 Å². The van der Waals surface area contributed by atoms with Crippen LogP contribution in [0.1, 0.15) is 136 Å². The van der Waals surface area contributed by atoms with E-state index in [2.05, 4.69) is 13.8 Å². The fraction of sp³-hybridized carbons (Fsp3) is 0.862. The SMILES string of the molecule is CCCCCCCCCCC(CCCCCCCC)COC(=O)C1(C(=O)O)CCCC1(C(=O)O)C(=O)O. The molecule has 0 aliphatic heterocycles. The number of rotatable bonds is 22. The molecule has 214 valence electrons. The summed E-state index contributed by atoms with van der Waals surface area (Å²) in [6.07, 6.45) is 17.2. The largest absolute Gasteiger partial charge is 0.480 e. The van der Waals surface area contributed by atoms with Crippen LogP contribution < -0.4 is 0 Å². The summed E-state index contributed by atoms with van der Waals surface area (Å²) in [5.41, 5.74) is -5.34. The first kappa shape index (κ1) is 32.9. The fourth-order valence-corrected chi connectivity index (χ4v) is 5.78. The van der Waals surface area contributed by atoms with E-state index in [-0.39, 0.29) is 25.4 Å². The number of aliphatic carboxylic acids is 3. The van der Waals surface area contributed by atoms with Crippen LogP contribution in [0.5, 0.6) is 0 Å². The summed E-state index contributed by atoms with van der Waals surface area (Å²) < 4.78 is 5.48. The van der Waals surface area contributed by atoms with E-state index in [4.69, 9.17) is 4.74 Å². The third-order valence-electron chi connectivity index (χ3n) is 8.16. The molecule has 0 aromatic heterocycles. The van der Waals surface area contributed by atoms with Crippen LogP contribution in [0.3, 0.4) is 0 Å². The van der Waals surface area contributed by atoms with Crippen molar-refractivity contribution in [2.24, 2.45) is 16.7 Å². The summed E-state index contributed by atoms with van der Waals surface area (Å²) in [6.45, 7) is 4.37. The van der Waals surface area contributed by atoms with E-state index in [1.54, 1.807) is 0 Å². The van der Waals surface area contributed by atoms with Gasteiger partial charge in [0, 0.05) is 0 Å². The first-order chi connectivity index (χ1) is 17.7. The molecule has 0 saturated heterocycles. The van der Waals surface area contributed by atoms with Gasteiger partial charge in [0.2, 0.25) is 0 Å². The lowest BCUT2D eigenvalue weighted by atomic mass is 9.65. The molecule has 0 aromatic rings. The lowest BCUT2D eigenvalue weighted by Gasteiger charge is -2.34. The van der Waals surface area contributed by atoms with Crippen molar-refractivity contribution in [2.75, 3.05) is 6.61 Å². The van der Waals surface area contributed by atoms with Crippen LogP contribution in [0.2, 0.25) is 0 Å². The lowest BCUT2D eigenvalue weighted by molar-refractivity contribution is -0.194. The van der Waals surface area contributed by atoms with E-state index in [0.29, 0.717) is 0 Å². The van der Waals surface area contributed by atoms with Gasteiger partial charge in [0.25, 0.3) is 0 Å². The van der Waals surface area contributed by atoms with Crippen molar-refractivity contribution in [3.05, 3.63) is 0 Å². The molecule has 1 aliphatic rings. The van der Waals surface area contributed by atoms with E-state index in [1.165, 1.54) is 51.4 Å². The van der Waals surface area contributed by atoms with Crippen LogP contribution in [0.25, 0.3) is 0 Å². The smallest absolute Gasteiger partial charge is 0.325 e. The van der Waals surface area contributed by atoms with Crippen molar-refractivity contribution in [1.29, 1.82) is 0 Å². The Balaban J connectivity index is 2.78. The Labute approximate surface area is 222 Å². The van der Waals surface area contributed by atoms with Gasteiger partial charge in [0.05, 0.1) is 6.61 Å². The summed E-state index contributed by atoms with van der Waals surface area (Å²) in [7, 11) is 0. The molecule has 3 N–H and O–H groups in total. The molecule has 0 amide bonds. The molecular formula is C29H50O8. The van der Waals surface area contributed by atoms with E-state index in [1.807, 2.05) is 0 Å². The molecule has 0 radical (unpaired) electrons. The number of carbonyl (C=O) groups is 4. The van der Waals surface area contributed by atoms with Gasteiger partial charge in [-0.15, -0.1) is 0 Å². The zero-order valence-electron chi connectivity index (χ0n) is 23.1. The van der Waals surface area contributed by atoms with Crippen LogP contribution in [0.15, 0.2) is 0 Å². The number of esters is 1. The molecule has 0 aromatic carbocycles. The van der Waals surface area contributed by atoms with E-state index in [9.17, 15) is 34.5 Å². The number of ether oxygens (including phenoxy) is 1. The van der Waals surface area contributed by atoms with Gasteiger partial charge >= 0.3 is 23.9 Å². The predicted molar refractivity (Wildman–Crippen MR) is 141 cm³/mol. The minimum Gasteiger partial charge on any atom is -0.480 e. The Hall–Kier alpha value is -2.12. The molecule has 0 heterocycles. The second-order valence-electron chi connectivity index (χ2n) is 10.9. The maximum Gasteiger partial charge on any atom is 0.325 e. The highest BCUT2D eigenvalue weighted by Gasteiger charge is 2.74. The standard InChI is InChI=1S/C29H50O8/c1-3-5-7-9-11-12-14-16-19-23(18-15-13-10-8-6-4-2)22-37-27(36)29(26(34)35)21-17-20-28(29,24(30)31)25(32)33/h23H,3-22H2,1-2H3,(H,30,31)(H,32,33)(H,34,35). The number of hydrogen-bond acceptors (Lipinski definition) is 5. The minimum absolute atomic E-state index is 0.00532. The van der Waals surface area contributed by atoms with Gasteiger partial charge in [-0.25, -0.2) is 0 Å². The fourth-order valence-electron chi connectivity index (χ4n) is 5.78. The number of hydrogen-bond donors (Lipinski definition) is 3. The molecule has 0 bridgehead atoms. The first-order valence-electron chi connectivity index (χ1n) is 14.6. The summed E-state index contributed by atoms with van der Waals surface area (Å²) in [6, 6.07) is 0. The zero-order chi connectivity index (χ0) is 27.7. The third-order valence-corrected chi connectivity index (χ3v) is 8.16. The molecule has 1 aliphatic carbocycles. The van der Waals surface area contributed by atoms with Gasteiger partial charge in [-0.3, -0.25) is 19.2 Å². The predicted octanol–water partition coefficient (Wildman–Crippen LogP) is 6.84. The van der Waals surface area contributed by atoms with Crippen molar-refractivity contribution >= 4 is 23.9 Å². The van der Waals surface area contributed by atoms with Crippen LogP contribution in [0, 0.1) is 16.7 Å². The highest BCUT2D eigenvalue weighted by atomic mass is 16.5. The second-order valence-corrected chi connectivity index (χ2v) is 10.9. The van der Waals surface area contributed by atoms with Gasteiger partial charge in [0.15, 0.2) is 10.8 Å². The highest BCUT2D eigenvalue weighted by Crippen LogP contribution is 2.54. The molecule has 0 spiro atoms. The molecule has 1 fully saturated rings. The molecule has 1 saturated carbocycles. The van der Waals surface area contributed by atoms with Crippen LogP contribution in [-0.2, 0) is 23.9 Å². The van der Waals surface area contributed by atoms with Crippen LogP contribution in [-0.4, -0.2) is 45.8 Å². The average Bonchev–Trinajstić information content (AvgIpc) is 3.28. The number of carbonyl (C=O) groups excluding carboxylic acids is 1. The lowest BCUT2D eigenvalue weighted by Crippen LogP contribution is -2.58. The maximum absolute atomic E-state index is 13.2. The van der Waals surface area contributed by atoms with Crippen molar-refractivity contribution in [1.82, 2.24) is 0 Å². The van der Waals surface area contributed by atoms with Crippen LogP contribution >= 0.6 is 0 Å². The highest BCUT2D eigenvalue weighted by molar-refractivity contribution is 6.13. The average molecular weight is 527 g/mol. The molecule has 2 unspecified atom stereocenters. The molecular weight excluding hydrogens is 476 g/mol. The Morgan fingerprint density at radius 2 is 1.00 bits per heavy atom. The summed E-state index contributed by atoms with van der Waals surface area (Å²) in [5.74, 6) is -6.54. The summed E-state index contributed by atoms with van der Waals surface area (Å²) >= 11 is 0. The third kappa shape index (κ3) is 8.99. The van der Waals surface area contributed by atoms with Gasteiger partial charge < -0.3 is 20.1 Å². The topological polar surface area (TPSA) is 138 Å². The Morgan fingerprint density at radius 1 is 0.622 bits per heavy atom. The monoisotopic (exact) mass is 526 g/mol. The molecule has 1 rings (SSSR count). The molecule has 8 nitrogen and oxygen atoms in total. The number of carboxylic acid groups (broad SMARTS) is 3. The zero-order valence-corrected chi connectivity index (χ0v) is 23.1. The van der Waals surface area contributed by atoms with Gasteiger partial charge in [0.1, 0.15) is 0 Å². The number of carboxylic acids is 3. The van der Waals surface area contributed by atoms with Crippen molar-refractivity contribution in [2.45, 2.75) is 136 Å². The van der Waals surface area contributed by atoms with E-state index in [0.717, 1.165) is 51.4 Å². The van der Waals surface area contributed by atoms with Gasteiger partial charge in [-0.2, -0.15) is 0 Å². The van der Waals surface area contributed by atoms with E-state index < -0.39 is 41.1 Å². The van der Waals surface area contributed by atoms with E-state index >= 15 is 0 Å². The molecule has 2 atom stereocenters. The number of unbranched alkanes of at least 4 members (excludes halogenated alkanes) is 12. The minimum atomic E-state index is -2.72.